The topological polar surface area (TPSA) is 131 Å². The summed E-state index contributed by atoms with van der Waals surface area (Å²) in [6.07, 6.45) is 1.29. The molecule has 4 heterocycles. The maximum Gasteiger partial charge on any atom is 0.262 e. The quantitative estimate of drug-likeness (QED) is 0.166. The van der Waals surface area contributed by atoms with E-state index in [-0.39, 0.29) is 48.3 Å². The van der Waals surface area contributed by atoms with E-state index in [0.29, 0.717) is 46.7 Å². The van der Waals surface area contributed by atoms with Crippen LogP contribution in [0.4, 0.5) is 22.7 Å². The molecule has 2 fully saturated rings. The lowest BCUT2D eigenvalue weighted by Gasteiger charge is -2.23. The van der Waals surface area contributed by atoms with Crippen molar-refractivity contribution in [2.45, 2.75) is 25.7 Å². The number of aromatic nitrogens is 2. The zero-order valence-electron chi connectivity index (χ0n) is 34.9. The monoisotopic (exact) mass is 853 g/mol. The molecule has 0 bridgehead atoms. The Morgan fingerprint density at radius 2 is 0.738 bits per heavy atom. The standard InChI is InChI=1S/C54H39N5O6/c60-49(31-11-3-1-4-12-31)58-45-17-9-7-15-37(45)39-27-41-43(29-47(39)58)53(64)56(51(41)62)35-23-19-33(20-24-35)55-34-21-25-36(26-22-34)57-52(63)42-28-40-38-16-8-10-18-46(38)59(48(40)30-44(42)54(57)65)50(61)32-13-5-2-6-14-32/h1-26,41-44,55H,27-30H2/t41-,42?,43+,44?/m1/s1. The summed E-state index contributed by atoms with van der Waals surface area (Å²) in [7, 11) is 0. The highest BCUT2D eigenvalue weighted by Gasteiger charge is 2.53. The lowest BCUT2D eigenvalue weighted by molar-refractivity contribution is -0.124. The predicted octanol–water partition coefficient (Wildman–Crippen LogP) is 8.53. The van der Waals surface area contributed by atoms with Gasteiger partial charge in [-0.3, -0.25) is 47.7 Å². The van der Waals surface area contributed by atoms with Crippen LogP contribution in [0.15, 0.2) is 158 Å². The second kappa shape index (κ2) is 14.7. The fourth-order valence-electron chi connectivity index (χ4n) is 10.9. The third-order valence-corrected chi connectivity index (χ3v) is 14.0. The lowest BCUT2D eigenvalue weighted by Crippen LogP contribution is -2.31. The van der Waals surface area contributed by atoms with Crippen molar-refractivity contribution in [2.75, 3.05) is 15.1 Å². The number of hydrogen-bond acceptors (Lipinski definition) is 7. The molecule has 11 nitrogen and oxygen atoms in total. The van der Waals surface area contributed by atoms with Gasteiger partial charge in [0, 0.05) is 57.5 Å². The smallest absolute Gasteiger partial charge is 0.262 e. The van der Waals surface area contributed by atoms with E-state index in [4.69, 9.17) is 0 Å². The molecule has 1 N–H and O–H groups in total. The van der Waals surface area contributed by atoms with Crippen LogP contribution >= 0.6 is 0 Å². The van der Waals surface area contributed by atoms with Crippen LogP contribution in [-0.2, 0) is 44.9 Å². The molecular formula is C54H39N5O6. The van der Waals surface area contributed by atoms with Crippen molar-refractivity contribution in [1.82, 2.24) is 9.13 Å². The van der Waals surface area contributed by atoms with Gasteiger partial charge in [0.2, 0.25) is 23.6 Å². The summed E-state index contributed by atoms with van der Waals surface area (Å²) in [6.45, 7) is 0. The third-order valence-electron chi connectivity index (χ3n) is 14.0. The van der Waals surface area contributed by atoms with Gasteiger partial charge >= 0.3 is 0 Å². The highest BCUT2D eigenvalue weighted by atomic mass is 16.2. The number of rotatable bonds is 6. The van der Waals surface area contributed by atoms with Crippen LogP contribution in [0, 0.1) is 23.7 Å². The Morgan fingerprint density at radius 1 is 0.400 bits per heavy atom. The SMILES string of the molecule is O=C1C2Cc3c(n(C(=O)c4ccccc4)c4ccccc34)CC2C(=O)N1c1ccc(Nc2ccc(N3C(=O)[C@H]4Cc5c(c6ccccc6n5C(=O)c5ccccc5)C[C@H]4C3=O)cc2)cc1. The van der Waals surface area contributed by atoms with Gasteiger partial charge in [-0.25, -0.2) is 0 Å². The molecule has 0 spiro atoms. The van der Waals surface area contributed by atoms with Crippen molar-refractivity contribution in [3.8, 4) is 0 Å². The van der Waals surface area contributed by atoms with Crippen LogP contribution < -0.4 is 15.1 Å². The van der Waals surface area contributed by atoms with Crippen LogP contribution in [0.1, 0.15) is 43.2 Å². The van der Waals surface area contributed by atoms with Crippen LogP contribution in [0.3, 0.4) is 0 Å². The van der Waals surface area contributed by atoms with E-state index in [9.17, 15) is 28.8 Å². The number of benzene rings is 6. The maximum absolute atomic E-state index is 14.1. The number of carbonyl (C=O) groups excluding carboxylic acids is 6. The van der Waals surface area contributed by atoms with Crippen molar-refractivity contribution < 1.29 is 28.8 Å². The minimum Gasteiger partial charge on any atom is -0.356 e. The molecule has 2 saturated heterocycles. The minimum atomic E-state index is -0.594. The van der Waals surface area contributed by atoms with E-state index in [2.05, 4.69) is 5.32 Å². The molecule has 4 aliphatic rings. The molecule has 8 aromatic rings. The van der Waals surface area contributed by atoms with E-state index < -0.39 is 23.7 Å². The van der Waals surface area contributed by atoms with Crippen LogP contribution in [0.5, 0.6) is 0 Å². The van der Waals surface area contributed by atoms with E-state index in [1.165, 1.54) is 9.80 Å². The molecular weight excluding hydrogens is 815 g/mol. The van der Waals surface area contributed by atoms with E-state index >= 15 is 0 Å². The number of hydrogen-bond donors (Lipinski definition) is 1. The van der Waals surface area contributed by atoms with Crippen LogP contribution in [0.25, 0.3) is 21.8 Å². The van der Waals surface area contributed by atoms with Gasteiger partial charge in [0.05, 0.1) is 46.1 Å². The summed E-state index contributed by atoms with van der Waals surface area (Å²) < 4.78 is 3.45. The van der Waals surface area contributed by atoms with Gasteiger partial charge in [0.1, 0.15) is 0 Å². The first-order valence-corrected chi connectivity index (χ1v) is 21.9. The number of anilines is 4. The van der Waals surface area contributed by atoms with Crippen molar-refractivity contribution in [2.24, 2.45) is 23.7 Å². The number of amides is 4. The fourth-order valence-corrected chi connectivity index (χ4v) is 10.9. The third kappa shape index (κ3) is 5.88. The van der Waals surface area contributed by atoms with E-state index in [0.717, 1.165) is 44.3 Å². The molecule has 0 saturated carbocycles. The summed E-state index contributed by atoms with van der Waals surface area (Å²) in [4.78, 5) is 86.7. The fraction of sp³-hybridized carbons (Fsp3) is 0.148. The van der Waals surface area contributed by atoms with Gasteiger partial charge in [-0.1, -0.05) is 72.8 Å². The Balaban J connectivity index is 0.750. The molecule has 2 unspecified atom stereocenters. The molecule has 12 rings (SSSR count). The summed E-state index contributed by atoms with van der Waals surface area (Å²) in [5.41, 5.74) is 8.43. The largest absolute Gasteiger partial charge is 0.356 e. The molecule has 0 radical (unpaired) electrons. The molecule has 4 atom stereocenters. The van der Waals surface area contributed by atoms with Crippen molar-refractivity contribution in [1.29, 1.82) is 0 Å². The Bertz CT molecular complexity index is 3110. The van der Waals surface area contributed by atoms with Crippen molar-refractivity contribution in [3.63, 3.8) is 0 Å². The Hall–Kier alpha value is -8.18. The van der Waals surface area contributed by atoms with Gasteiger partial charge in [0.15, 0.2) is 0 Å². The number of fused-ring (bicyclic) bond motifs is 8. The van der Waals surface area contributed by atoms with Crippen molar-refractivity contribution >= 4 is 80.0 Å². The first-order chi connectivity index (χ1) is 31.7. The van der Waals surface area contributed by atoms with Gasteiger partial charge in [0.25, 0.3) is 11.8 Å². The zero-order valence-corrected chi connectivity index (χ0v) is 34.9. The van der Waals surface area contributed by atoms with Gasteiger partial charge in [-0.15, -0.1) is 0 Å². The van der Waals surface area contributed by atoms with Crippen LogP contribution in [0.2, 0.25) is 0 Å². The van der Waals surface area contributed by atoms with Gasteiger partial charge in [-0.05, 0) is 109 Å². The summed E-state index contributed by atoms with van der Waals surface area (Å²) in [5.74, 6) is -3.65. The van der Waals surface area contributed by atoms with E-state index in [1.54, 1.807) is 81.9 Å². The first-order valence-electron chi connectivity index (χ1n) is 21.9. The maximum atomic E-state index is 14.1. The van der Waals surface area contributed by atoms with E-state index in [1.807, 2.05) is 84.9 Å². The number of nitrogens with one attached hydrogen (secondary N) is 1. The average molecular weight is 854 g/mol. The zero-order chi connectivity index (χ0) is 44.1. The highest BCUT2D eigenvalue weighted by molar-refractivity contribution is 6.23. The number of carbonyl (C=O) groups is 6. The molecule has 11 heteroatoms. The highest BCUT2D eigenvalue weighted by Crippen LogP contribution is 2.45. The molecule has 2 aliphatic carbocycles. The molecule has 65 heavy (non-hydrogen) atoms. The second-order valence-corrected chi connectivity index (χ2v) is 17.4. The predicted molar refractivity (Wildman–Crippen MR) is 246 cm³/mol. The Labute approximate surface area is 372 Å². The second-order valence-electron chi connectivity index (χ2n) is 17.4. The summed E-state index contributed by atoms with van der Waals surface area (Å²) >= 11 is 0. The number of nitrogens with zero attached hydrogens (tertiary/aromatic N) is 4. The van der Waals surface area contributed by atoms with Gasteiger partial charge < -0.3 is 5.32 Å². The summed E-state index contributed by atoms with van der Waals surface area (Å²) in [5, 5.41) is 5.18. The first kappa shape index (κ1) is 38.5. The minimum absolute atomic E-state index is 0.165. The Morgan fingerprint density at radius 3 is 1.12 bits per heavy atom. The van der Waals surface area contributed by atoms with Gasteiger partial charge in [-0.2, -0.15) is 0 Å². The number of para-hydroxylation sites is 2. The number of imide groups is 2. The Kier molecular flexibility index (Phi) is 8.71. The van der Waals surface area contributed by atoms with Crippen LogP contribution in [-0.4, -0.2) is 44.6 Å². The average Bonchev–Trinajstić information content (AvgIpc) is 4.01. The molecule has 6 aromatic carbocycles. The molecule has 2 aromatic heterocycles. The molecule has 316 valence electrons. The molecule has 4 amide bonds. The lowest BCUT2D eigenvalue weighted by atomic mass is 9.79. The molecule has 2 aliphatic heterocycles. The normalized spacial score (nSPS) is 19.9. The van der Waals surface area contributed by atoms with Crippen molar-refractivity contribution in [3.05, 3.63) is 191 Å². The summed E-state index contributed by atoms with van der Waals surface area (Å²) in [6, 6.07) is 47.8.